The summed E-state index contributed by atoms with van der Waals surface area (Å²) in [5, 5.41) is 28.8. The number of hydrogen-bond donors (Lipinski definition) is 2. The van der Waals surface area contributed by atoms with Crippen LogP contribution in [0.4, 0.5) is 0 Å². The van der Waals surface area contributed by atoms with Crippen LogP contribution in [0.1, 0.15) is 72.6 Å². The van der Waals surface area contributed by atoms with Gasteiger partial charge in [-0.05, 0) is 63.4 Å². The number of allylic oxidation sites excluding steroid dienone is 3. The Balaban J connectivity index is 2.09. The van der Waals surface area contributed by atoms with E-state index in [0.717, 1.165) is 25.7 Å². The average molecular weight is 404 g/mol. The lowest BCUT2D eigenvalue weighted by molar-refractivity contribution is -0.164. The molecule has 6 atom stereocenters. The van der Waals surface area contributed by atoms with E-state index >= 15 is 0 Å². The summed E-state index contributed by atoms with van der Waals surface area (Å²) in [5.74, 6) is 0.618. The van der Waals surface area contributed by atoms with Crippen LogP contribution >= 0.6 is 0 Å². The van der Waals surface area contributed by atoms with Gasteiger partial charge in [0.05, 0.1) is 30.1 Å². The first-order valence-electron chi connectivity index (χ1n) is 11.0. The Hall–Kier alpha value is -1.64. The Morgan fingerprint density at radius 1 is 1.38 bits per heavy atom. The summed E-state index contributed by atoms with van der Waals surface area (Å²) in [7, 11) is 0. The van der Waals surface area contributed by atoms with Crippen molar-refractivity contribution in [3.8, 4) is 6.07 Å². The van der Waals surface area contributed by atoms with Crippen molar-refractivity contribution in [2.24, 2.45) is 23.2 Å². The Morgan fingerprint density at radius 2 is 2.10 bits per heavy atom. The minimum atomic E-state index is -0.784. The first-order valence-corrected chi connectivity index (χ1v) is 11.0. The maximum atomic E-state index is 12.7. The number of carbonyl (C=O) groups is 1. The average Bonchev–Trinajstić information content (AvgIpc) is 2.67. The predicted molar refractivity (Wildman–Crippen MR) is 113 cm³/mol. The molecular weight excluding hydrogens is 366 g/mol. The summed E-state index contributed by atoms with van der Waals surface area (Å²) >= 11 is 0. The molecule has 0 unspecified atom stereocenters. The monoisotopic (exact) mass is 403 g/mol. The third-order valence-corrected chi connectivity index (χ3v) is 6.74. The van der Waals surface area contributed by atoms with Gasteiger partial charge in [0.25, 0.3) is 0 Å². The van der Waals surface area contributed by atoms with Gasteiger partial charge in [-0.25, -0.2) is 0 Å². The SMILES string of the molecule is CCC(C)(C)C(=O)O[C@H]1CCC=C2C=C[C@H](C)[C@H](CC[C@@H](O)C[C@@H](O)CC#N)[C@H]21. The van der Waals surface area contributed by atoms with Crippen LogP contribution in [0.2, 0.25) is 0 Å². The van der Waals surface area contributed by atoms with E-state index in [-0.39, 0.29) is 36.8 Å². The molecule has 0 heterocycles. The second-order valence-corrected chi connectivity index (χ2v) is 9.35. The molecule has 162 valence electrons. The summed E-state index contributed by atoms with van der Waals surface area (Å²) in [6.45, 7) is 8.04. The molecule has 5 heteroatoms. The smallest absolute Gasteiger partial charge is 0.311 e. The number of ether oxygens (including phenoxy) is 1. The molecule has 0 aromatic rings. The molecule has 0 bridgehead atoms. The van der Waals surface area contributed by atoms with Crippen LogP contribution in [0.5, 0.6) is 0 Å². The summed E-state index contributed by atoms with van der Waals surface area (Å²) in [6, 6.07) is 1.94. The minimum Gasteiger partial charge on any atom is -0.461 e. The van der Waals surface area contributed by atoms with Crippen molar-refractivity contribution in [2.75, 3.05) is 0 Å². The largest absolute Gasteiger partial charge is 0.461 e. The molecule has 0 aliphatic heterocycles. The number of aliphatic hydroxyl groups excluding tert-OH is 2. The Bertz CT molecular complexity index is 660. The molecule has 5 nitrogen and oxygen atoms in total. The highest BCUT2D eigenvalue weighted by Gasteiger charge is 2.41. The van der Waals surface area contributed by atoms with Gasteiger partial charge >= 0.3 is 5.97 Å². The zero-order chi connectivity index (χ0) is 21.6. The highest BCUT2D eigenvalue weighted by atomic mass is 16.5. The van der Waals surface area contributed by atoms with Crippen LogP contribution < -0.4 is 0 Å². The van der Waals surface area contributed by atoms with Crippen LogP contribution in [0, 0.1) is 34.5 Å². The first kappa shape index (κ1) is 23.6. The van der Waals surface area contributed by atoms with Gasteiger partial charge in [0, 0.05) is 12.3 Å². The lowest BCUT2D eigenvalue weighted by Crippen LogP contribution is -2.41. The molecule has 2 aliphatic rings. The molecule has 0 spiro atoms. The Morgan fingerprint density at radius 3 is 2.76 bits per heavy atom. The van der Waals surface area contributed by atoms with Crippen LogP contribution in [-0.2, 0) is 9.53 Å². The Kier molecular flexibility index (Phi) is 8.48. The molecule has 0 saturated heterocycles. The quantitative estimate of drug-likeness (QED) is 0.560. The van der Waals surface area contributed by atoms with Crippen molar-refractivity contribution in [1.29, 1.82) is 5.26 Å². The van der Waals surface area contributed by atoms with Gasteiger partial charge in [0.2, 0.25) is 0 Å². The van der Waals surface area contributed by atoms with Crippen molar-refractivity contribution in [3.05, 3.63) is 23.8 Å². The van der Waals surface area contributed by atoms with Crippen molar-refractivity contribution in [1.82, 2.24) is 0 Å². The molecule has 0 aromatic carbocycles. The van der Waals surface area contributed by atoms with Crippen LogP contribution in [0.3, 0.4) is 0 Å². The van der Waals surface area contributed by atoms with E-state index in [2.05, 4.69) is 25.2 Å². The fourth-order valence-corrected chi connectivity index (χ4v) is 4.40. The van der Waals surface area contributed by atoms with Gasteiger partial charge in [0.15, 0.2) is 0 Å². The summed E-state index contributed by atoms with van der Waals surface area (Å²) in [6.07, 6.45) is 9.19. The first-order chi connectivity index (χ1) is 13.7. The zero-order valence-corrected chi connectivity index (χ0v) is 18.3. The lowest BCUT2D eigenvalue weighted by atomic mass is 9.66. The third-order valence-electron chi connectivity index (χ3n) is 6.74. The van der Waals surface area contributed by atoms with E-state index < -0.39 is 17.6 Å². The van der Waals surface area contributed by atoms with E-state index in [9.17, 15) is 15.0 Å². The Labute approximate surface area is 175 Å². The number of hydrogen-bond acceptors (Lipinski definition) is 5. The summed E-state index contributed by atoms with van der Waals surface area (Å²) in [5.41, 5.74) is 0.755. The molecule has 2 rings (SSSR count). The van der Waals surface area contributed by atoms with Crippen molar-refractivity contribution in [3.63, 3.8) is 0 Å². The van der Waals surface area contributed by atoms with E-state index in [1.807, 2.05) is 26.8 Å². The van der Waals surface area contributed by atoms with Gasteiger partial charge in [-0.1, -0.05) is 32.1 Å². The lowest BCUT2D eigenvalue weighted by Gasteiger charge is -2.42. The molecule has 0 saturated carbocycles. The molecule has 0 radical (unpaired) electrons. The highest BCUT2D eigenvalue weighted by molar-refractivity contribution is 5.76. The number of nitriles is 1. The van der Waals surface area contributed by atoms with E-state index in [0.29, 0.717) is 12.3 Å². The van der Waals surface area contributed by atoms with Gasteiger partial charge in [-0.2, -0.15) is 5.26 Å². The topological polar surface area (TPSA) is 90.6 Å². The maximum absolute atomic E-state index is 12.7. The van der Waals surface area contributed by atoms with Gasteiger partial charge in [-0.15, -0.1) is 0 Å². The number of carbonyl (C=O) groups excluding carboxylic acids is 1. The number of aliphatic hydroxyl groups is 2. The normalized spacial score (nSPS) is 28.7. The van der Waals surface area contributed by atoms with Crippen molar-refractivity contribution >= 4 is 5.97 Å². The number of nitrogens with zero attached hydrogens (tertiary/aromatic N) is 1. The van der Waals surface area contributed by atoms with Crippen LogP contribution in [-0.4, -0.2) is 34.5 Å². The maximum Gasteiger partial charge on any atom is 0.311 e. The van der Waals surface area contributed by atoms with Crippen molar-refractivity contribution < 1.29 is 19.7 Å². The van der Waals surface area contributed by atoms with Gasteiger partial charge in [-0.3, -0.25) is 4.79 Å². The molecule has 0 fully saturated rings. The van der Waals surface area contributed by atoms with Crippen LogP contribution in [0.15, 0.2) is 23.8 Å². The second-order valence-electron chi connectivity index (χ2n) is 9.35. The van der Waals surface area contributed by atoms with E-state index in [1.54, 1.807) is 0 Å². The van der Waals surface area contributed by atoms with E-state index in [4.69, 9.17) is 10.00 Å². The number of fused-ring (bicyclic) bond motifs is 1. The van der Waals surface area contributed by atoms with Gasteiger partial charge < -0.3 is 14.9 Å². The summed E-state index contributed by atoms with van der Waals surface area (Å²) in [4.78, 5) is 12.7. The fraction of sp³-hybridized carbons (Fsp3) is 0.750. The van der Waals surface area contributed by atoms with Crippen LogP contribution in [0.25, 0.3) is 0 Å². The van der Waals surface area contributed by atoms with E-state index in [1.165, 1.54) is 5.57 Å². The predicted octanol–water partition coefficient (Wildman–Crippen LogP) is 4.30. The fourth-order valence-electron chi connectivity index (χ4n) is 4.40. The number of esters is 1. The molecule has 2 aliphatic carbocycles. The van der Waals surface area contributed by atoms with Crippen molar-refractivity contribution in [2.45, 2.75) is 91.0 Å². The standard InChI is InChI=1S/C24H37NO4/c1-5-24(3,4)23(28)29-21-8-6-7-17-10-9-16(2)20(22(17)21)12-11-18(26)15-19(27)13-14-25/h7,9-10,16,18-22,26-27H,5-6,8,11-13,15H2,1-4H3/t16-,18+,19-,20-,21-,22-/m0/s1. The molecule has 0 aromatic heterocycles. The second kappa shape index (κ2) is 10.4. The molecule has 0 amide bonds. The highest BCUT2D eigenvalue weighted by Crippen LogP contribution is 2.44. The molecular formula is C24H37NO4. The number of rotatable bonds is 9. The zero-order valence-electron chi connectivity index (χ0n) is 18.3. The third kappa shape index (κ3) is 6.17. The molecule has 2 N–H and O–H groups in total. The minimum absolute atomic E-state index is 0.0420. The van der Waals surface area contributed by atoms with Gasteiger partial charge in [0.1, 0.15) is 6.10 Å². The molecule has 29 heavy (non-hydrogen) atoms. The summed E-state index contributed by atoms with van der Waals surface area (Å²) < 4.78 is 6.05.